The molecular formula is C21H19N3O7S2. The summed E-state index contributed by atoms with van der Waals surface area (Å²) in [6.07, 6.45) is 0.866. The number of rotatable bonds is 7. The van der Waals surface area contributed by atoms with Crippen LogP contribution >= 0.6 is 0 Å². The van der Waals surface area contributed by atoms with Gasteiger partial charge in [-0.25, -0.2) is 16.8 Å². The monoisotopic (exact) mass is 489 g/mol. The summed E-state index contributed by atoms with van der Waals surface area (Å²) in [5, 5.41) is 13.6. The molecule has 3 aromatic rings. The highest BCUT2D eigenvalue weighted by atomic mass is 32.2. The maximum atomic E-state index is 13.0. The number of hydrogen-bond acceptors (Lipinski definition) is 7. The van der Waals surface area contributed by atoms with Crippen LogP contribution in [0.1, 0.15) is 10.4 Å². The maximum absolute atomic E-state index is 13.0. The van der Waals surface area contributed by atoms with E-state index in [1.54, 1.807) is 30.3 Å². The number of nitrogens with one attached hydrogen (secondary N) is 1. The molecule has 0 aliphatic heterocycles. The van der Waals surface area contributed by atoms with E-state index in [-0.39, 0.29) is 21.0 Å². The quantitative estimate of drug-likeness (QED) is 0.397. The van der Waals surface area contributed by atoms with E-state index in [9.17, 15) is 31.7 Å². The number of hydrogen-bond donors (Lipinski definition) is 1. The number of sulfonamides is 1. The van der Waals surface area contributed by atoms with Crippen molar-refractivity contribution in [3.8, 4) is 0 Å². The first-order chi connectivity index (χ1) is 15.4. The third-order valence-electron chi connectivity index (χ3n) is 4.66. The second kappa shape index (κ2) is 9.00. The largest absolute Gasteiger partial charge is 0.322 e. The van der Waals surface area contributed by atoms with Gasteiger partial charge in [0.05, 0.1) is 20.4 Å². The van der Waals surface area contributed by atoms with Crippen LogP contribution in [0.25, 0.3) is 0 Å². The van der Waals surface area contributed by atoms with Crippen molar-refractivity contribution in [2.75, 3.05) is 22.9 Å². The summed E-state index contributed by atoms with van der Waals surface area (Å²) in [5.41, 5.74) is -0.282. The van der Waals surface area contributed by atoms with E-state index in [4.69, 9.17) is 0 Å². The fourth-order valence-corrected chi connectivity index (χ4v) is 4.82. The molecule has 0 saturated carbocycles. The van der Waals surface area contributed by atoms with Gasteiger partial charge in [-0.2, -0.15) is 0 Å². The molecule has 12 heteroatoms. The first-order valence-corrected chi connectivity index (χ1v) is 12.7. The van der Waals surface area contributed by atoms with Crippen LogP contribution in [0.4, 0.5) is 17.1 Å². The Morgan fingerprint density at radius 3 is 2.18 bits per heavy atom. The van der Waals surface area contributed by atoms with Crippen molar-refractivity contribution in [3.05, 3.63) is 88.5 Å². The summed E-state index contributed by atoms with van der Waals surface area (Å²) in [6, 6.07) is 16.7. The standard InChI is InChI=1S/C21H19N3O7S2/c1-23(17-8-4-3-5-9-17)33(30,31)19-10-6-7-16(13-19)22-21(25)15-11-18(24(26)27)14-20(12-15)32(2,28)29/h3-14H,1-2H3,(H,22,25). The van der Waals surface area contributed by atoms with Gasteiger partial charge >= 0.3 is 0 Å². The van der Waals surface area contributed by atoms with E-state index in [0.29, 0.717) is 5.69 Å². The van der Waals surface area contributed by atoms with Gasteiger partial charge in [0.1, 0.15) is 0 Å². The minimum Gasteiger partial charge on any atom is -0.322 e. The summed E-state index contributed by atoms with van der Waals surface area (Å²) < 4.78 is 50.8. The van der Waals surface area contributed by atoms with Gasteiger partial charge < -0.3 is 5.32 Å². The number of carbonyl (C=O) groups excluding carboxylic acids is 1. The highest BCUT2D eigenvalue weighted by Gasteiger charge is 2.23. The highest BCUT2D eigenvalue weighted by Crippen LogP contribution is 2.25. The molecule has 0 radical (unpaired) electrons. The summed E-state index contributed by atoms with van der Waals surface area (Å²) >= 11 is 0. The third-order valence-corrected chi connectivity index (χ3v) is 7.54. The number of nitro benzene ring substituents is 1. The van der Waals surface area contributed by atoms with Gasteiger partial charge in [0.2, 0.25) is 0 Å². The van der Waals surface area contributed by atoms with Crippen LogP contribution in [0.3, 0.4) is 0 Å². The minimum atomic E-state index is -3.95. The number of benzene rings is 3. The Labute approximate surface area is 190 Å². The molecule has 0 spiro atoms. The Balaban J connectivity index is 1.93. The van der Waals surface area contributed by atoms with Crippen molar-refractivity contribution in [1.82, 2.24) is 0 Å². The average Bonchev–Trinajstić information content (AvgIpc) is 2.78. The molecule has 172 valence electrons. The molecule has 0 aliphatic carbocycles. The molecule has 10 nitrogen and oxygen atoms in total. The van der Waals surface area contributed by atoms with Crippen molar-refractivity contribution in [1.29, 1.82) is 0 Å². The van der Waals surface area contributed by atoms with Gasteiger partial charge in [-0.1, -0.05) is 24.3 Å². The van der Waals surface area contributed by atoms with Crippen LogP contribution < -0.4 is 9.62 Å². The van der Waals surface area contributed by atoms with Crippen LogP contribution in [0.5, 0.6) is 0 Å². The Hall–Kier alpha value is -3.77. The summed E-state index contributed by atoms with van der Waals surface area (Å²) in [7, 11) is -6.37. The fraction of sp³-hybridized carbons (Fsp3) is 0.0952. The number of sulfone groups is 1. The number of nitrogens with zero attached hydrogens (tertiary/aromatic N) is 2. The number of carbonyl (C=O) groups is 1. The summed E-state index contributed by atoms with van der Waals surface area (Å²) in [5.74, 6) is -0.838. The molecule has 0 unspecified atom stereocenters. The van der Waals surface area contributed by atoms with E-state index < -0.39 is 36.4 Å². The second-order valence-corrected chi connectivity index (χ2v) is 11.0. The van der Waals surface area contributed by atoms with E-state index in [2.05, 4.69) is 5.32 Å². The first-order valence-electron chi connectivity index (χ1n) is 9.34. The van der Waals surface area contributed by atoms with Crippen LogP contribution in [0.15, 0.2) is 82.6 Å². The van der Waals surface area contributed by atoms with Crippen LogP contribution in [-0.4, -0.2) is 41.0 Å². The lowest BCUT2D eigenvalue weighted by atomic mass is 10.2. The predicted octanol–water partition coefficient (Wildman–Crippen LogP) is 3.08. The summed E-state index contributed by atoms with van der Waals surface area (Å²) in [6.45, 7) is 0. The molecule has 1 amide bonds. The zero-order chi connectivity index (χ0) is 24.4. The maximum Gasteiger partial charge on any atom is 0.271 e. The lowest BCUT2D eigenvalue weighted by Crippen LogP contribution is -2.26. The topological polar surface area (TPSA) is 144 Å². The number of para-hydroxylation sites is 1. The number of amides is 1. The van der Waals surface area contributed by atoms with E-state index in [1.165, 1.54) is 31.3 Å². The van der Waals surface area contributed by atoms with Crippen LogP contribution in [0.2, 0.25) is 0 Å². The molecule has 0 aromatic heterocycles. The van der Waals surface area contributed by atoms with Crippen molar-refractivity contribution < 1.29 is 26.6 Å². The average molecular weight is 490 g/mol. The van der Waals surface area contributed by atoms with Gasteiger partial charge in [-0.3, -0.25) is 19.2 Å². The molecule has 0 bridgehead atoms. The normalized spacial score (nSPS) is 11.6. The SMILES string of the molecule is CN(c1ccccc1)S(=O)(=O)c1cccc(NC(=O)c2cc([N+](=O)[O-])cc(S(C)(=O)=O)c2)c1. The van der Waals surface area contributed by atoms with Crippen LogP contribution in [0, 0.1) is 10.1 Å². The first kappa shape index (κ1) is 23.9. The van der Waals surface area contributed by atoms with Crippen LogP contribution in [-0.2, 0) is 19.9 Å². The number of anilines is 2. The molecule has 1 N–H and O–H groups in total. The van der Waals surface area contributed by atoms with Gasteiger partial charge in [-0.15, -0.1) is 0 Å². The van der Waals surface area contributed by atoms with Crippen molar-refractivity contribution >= 4 is 42.8 Å². The lowest BCUT2D eigenvalue weighted by molar-refractivity contribution is -0.385. The Kier molecular flexibility index (Phi) is 6.51. The Morgan fingerprint density at radius 2 is 1.58 bits per heavy atom. The van der Waals surface area contributed by atoms with E-state index >= 15 is 0 Å². The molecule has 3 rings (SSSR count). The molecule has 0 heterocycles. The number of non-ortho nitro benzene ring substituents is 1. The predicted molar refractivity (Wildman–Crippen MR) is 123 cm³/mol. The van der Waals surface area contributed by atoms with Crippen molar-refractivity contribution in [3.63, 3.8) is 0 Å². The molecule has 0 atom stereocenters. The van der Waals surface area contributed by atoms with Crippen molar-refractivity contribution in [2.45, 2.75) is 9.79 Å². The number of nitro groups is 1. The molecule has 0 saturated heterocycles. The van der Waals surface area contributed by atoms with E-state index in [1.807, 2.05) is 0 Å². The zero-order valence-electron chi connectivity index (χ0n) is 17.5. The lowest BCUT2D eigenvalue weighted by Gasteiger charge is -2.20. The fourth-order valence-electron chi connectivity index (χ4n) is 2.91. The molecule has 0 fully saturated rings. The highest BCUT2D eigenvalue weighted by molar-refractivity contribution is 7.92. The summed E-state index contributed by atoms with van der Waals surface area (Å²) in [4.78, 5) is 22.6. The minimum absolute atomic E-state index is 0.0949. The molecule has 0 aliphatic rings. The molecule has 3 aromatic carbocycles. The second-order valence-electron chi connectivity index (χ2n) is 7.03. The Bertz CT molecular complexity index is 1440. The Morgan fingerprint density at radius 1 is 0.909 bits per heavy atom. The molecular weight excluding hydrogens is 470 g/mol. The van der Waals surface area contributed by atoms with Gasteiger partial charge in [0, 0.05) is 36.7 Å². The van der Waals surface area contributed by atoms with Crippen molar-refractivity contribution in [2.24, 2.45) is 0 Å². The van der Waals surface area contributed by atoms with Gasteiger partial charge in [0.15, 0.2) is 9.84 Å². The van der Waals surface area contributed by atoms with Gasteiger partial charge in [0.25, 0.3) is 21.6 Å². The smallest absolute Gasteiger partial charge is 0.271 e. The van der Waals surface area contributed by atoms with Gasteiger partial charge in [-0.05, 0) is 36.4 Å². The third kappa shape index (κ3) is 5.35. The van der Waals surface area contributed by atoms with E-state index in [0.717, 1.165) is 28.8 Å². The molecule has 33 heavy (non-hydrogen) atoms. The zero-order valence-corrected chi connectivity index (χ0v) is 19.1.